The van der Waals surface area contributed by atoms with E-state index in [0.717, 1.165) is 11.3 Å². The van der Waals surface area contributed by atoms with Crippen LogP contribution in [0.25, 0.3) is 0 Å². The highest BCUT2D eigenvalue weighted by molar-refractivity contribution is 6.30. The van der Waals surface area contributed by atoms with Crippen LogP contribution in [0.15, 0.2) is 42.5 Å². The van der Waals surface area contributed by atoms with Crippen molar-refractivity contribution in [3.05, 3.63) is 64.4 Å². The molecule has 0 aliphatic carbocycles. The van der Waals surface area contributed by atoms with Crippen molar-refractivity contribution in [3.8, 4) is 0 Å². The maximum absolute atomic E-state index is 13.4. The first kappa shape index (κ1) is 15.5. The Labute approximate surface area is 128 Å². The number of carbonyl (C=O) groups is 1. The van der Waals surface area contributed by atoms with Crippen molar-refractivity contribution in [2.24, 2.45) is 0 Å². The Balaban J connectivity index is 1.84. The highest BCUT2D eigenvalue weighted by Gasteiger charge is 2.06. The summed E-state index contributed by atoms with van der Waals surface area (Å²) in [6.07, 6.45) is 0. The lowest BCUT2D eigenvalue weighted by Gasteiger charge is -2.10. The molecular weight excluding hydrogens is 291 g/mol. The van der Waals surface area contributed by atoms with Crippen molar-refractivity contribution in [2.45, 2.75) is 13.5 Å². The number of carbonyl (C=O) groups excluding carboxylic acids is 1. The van der Waals surface area contributed by atoms with E-state index >= 15 is 0 Å². The zero-order valence-corrected chi connectivity index (χ0v) is 12.4. The molecule has 2 aromatic carbocycles. The molecule has 5 heteroatoms. The minimum absolute atomic E-state index is 0.108. The molecule has 0 aliphatic heterocycles. The molecule has 2 rings (SSSR count). The molecule has 3 nitrogen and oxygen atoms in total. The lowest BCUT2D eigenvalue weighted by Crippen LogP contribution is -2.28. The molecule has 0 unspecified atom stereocenters. The van der Waals surface area contributed by atoms with Crippen molar-refractivity contribution in [1.29, 1.82) is 0 Å². The monoisotopic (exact) mass is 306 g/mol. The lowest BCUT2D eigenvalue weighted by molar-refractivity contribution is -0.115. The molecule has 0 bridgehead atoms. The Morgan fingerprint density at radius 2 is 2.00 bits per heavy atom. The minimum atomic E-state index is -0.279. The largest absolute Gasteiger partial charge is 0.325 e. The fourth-order valence-corrected chi connectivity index (χ4v) is 2.14. The molecule has 2 aromatic rings. The van der Waals surface area contributed by atoms with Crippen LogP contribution in [0.4, 0.5) is 10.1 Å². The van der Waals surface area contributed by atoms with Gasteiger partial charge in [0, 0.05) is 22.8 Å². The van der Waals surface area contributed by atoms with E-state index in [-0.39, 0.29) is 18.3 Å². The molecule has 0 aliphatic rings. The minimum Gasteiger partial charge on any atom is -0.325 e. The second-order valence-corrected chi connectivity index (χ2v) is 5.14. The van der Waals surface area contributed by atoms with Crippen molar-refractivity contribution in [3.63, 3.8) is 0 Å². The smallest absolute Gasteiger partial charge is 0.238 e. The average Bonchev–Trinajstić information content (AvgIpc) is 2.44. The Kier molecular flexibility index (Phi) is 5.31. The van der Waals surface area contributed by atoms with Gasteiger partial charge >= 0.3 is 0 Å². The summed E-state index contributed by atoms with van der Waals surface area (Å²) in [5.41, 5.74) is 2.15. The van der Waals surface area contributed by atoms with Crippen LogP contribution in [-0.2, 0) is 11.3 Å². The first-order valence-electron chi connectivity index (χ1n) is 6.56. The summed E-state index contributed by atoms with van der Waals surface area (Å²) >= 11 is 5.86. The zero-order chi connectivity index (χ0) is 15.2. The van der Waals surface area contributed by atoms with Gasteiger partial charge < -0.3 is 10.6 Å². The molecule has 0 saturated heterocycles. The molecule has 0 fully saturated rings. The van der Waals surface area contributed by atoms with Crippen molar-refractivity contribution in [2.75, 3.05) is 11.9 Å². The van der Waals surface area contributed by atoms with Gasteiger partial charge in [-0.15, -0.1) is 0 Å². The highest BCUT2D eigenvalue weighted by Crippen LogP contribution is 2.19. The normalized spacial score (nSPS) is 10.4. The zero-order valence-electron chi connectivity index (χ0n) is 11.6. The third-order valence-corrected chi connectivity index (χ3v) is 3.26. The van der Waals surface area contributed by atoms with Gasteiger partial charge in [-0.3, -0.25) is 4.79 Å². The van der Waals surface area contributed by atoms with E-state index in [0.29, 0.717) is 17.1 Å². The Bertz CT molecular complexity index is 646. The molecule has 0 atom stereocenters. The van der Waals surface area contributed by atoms with Gasteiger partial charge in [-0.05, 0) is 36.8 Å². The number of nitrogens with one attached hydrogen (secondary N) is 2. The number of halogens is 2. The fraction of sp³-hybridized carbons (Fsp3) is 0.188. The van der Waals surface area contributed by atoms with Gasteiger partial charge in [0.25, 0.3) is 0 Å². The summed E-state index contributed by atoms with van der Waals surface area (Å²) < 4.78 is 13.4. The molecule has 0 radical (unpaired) electrons. The van der Waals surface area contributed by atoms with Gasteiger partial charge in [0.15, 0.2) is 0 Å². The molecule has 1 amide bonds. The van der Waals surface area contributed by atoms with Crippen LogP contribution in [0.3, 0.4) is 0 Å². The SMILES string of the molecule is Cc1cc(Cl)ccc1NC(=O)CNCc1ccccc1F. The van der Waals surface area contributed by atoms with Crippen molar-refractivity contribution in [1.82, 2.24) is 5.32 Å². The van der Waals surface area contributed by atoms with Crippen LogP contribution in [0.2, 0.25) is 5.02 Å². The average molecular weight is 307 g/mol. The summed E-state index contributed by atoms with van der Waals surface area (Å²) in [6.45, 7) is 2.28. The van der Waals surface area contributed by atoms with Crippen LogP contribution in [-0.4, -0.2) is 12.5 Å². The van der Waals surface area contributed by atoms with Crippen molar-refractivity contribution >= 4 is 23.2 Å². The summed E-state index contributed by atoms with van der Waals surface area (Å²) in [6, 6.07) is 11.7. The van der Waals surface area contributed by atoms with E-state index in [1.54, 1.807) is 36.4 Å². The third kappa shape index (κ3) is 4.55. The first-order valence-corrected chi connectivity index (χ1v) is 6.94. The number of benzene rings is 2. The second-order valence-electron chi connectivity index (χ2n) is 4.70. The third-order valence-electron chi connectivity index (χ3n) is 3.02. The van der Waals surface area contributed by atoms with Gasteiger partial charge in [-0.25, -0.2) is 4.39 Å². The van der Waals surface area contributed by atoms with Crippen LogP contribution in [0, 0.1) is 12.7 Å². The Morgan fingerprint density at radius 1 is 1.24 bits per heavy atom. The van der Waals surface area contributed by atoms with E-state index in [9.17, 15) is 9.18 Å². The number of anilines is 1. The maximum atomic E-state index is 13.4. The number of amides is 1. The van der Waals surface area contributed by atoms with Gasteiger partial charge in [0.2, 0.25) is 5.91 Å². The fourth-order valence-electron chi connectivity index (χ4n) is 1.91. The molecular formula is C16H16ClFN2O. The van der Waals surface area contributed by atoms with Crippen LogP contribution >= 0.6 is 11.6 Å². The molecule has 0 aromatic heterocycles. The molecule has 0 spiro atoms. The Morgan fingerprint density at radius 3 is 2.71 bits per heavy atom. The standard InChI is InChI=1S/C16H16ClFN2O/c1-11-8-13(17)6-7-15(11)20-16(21)10-19-9-12-4-2-3-5-14(12)18/h2-8,19H,9-10H2,1H3,(H,20,21). The molecule has 110 valence electrons. The quantitative estimate of drug-likeness (QED) is 0.887. The first-order chi connectivity index (χ1) is 10.1. The van der Waals surface area contributed by atoms with Crippen LogP contribution < -0.4 is 10.6 Å². The summed E-state index contributed by atoms with van der Waals surface area (Å²) in [5, 5.41) is 6.33. The van der Waals surface area contributed by atoms with E-state index in [1.807, 2.05) is 6.92 Å². The molecule has 0 heterocycles. The number of rotatable bonds is 5. The topological polar surface area (TPSA) is 41.1 Å². The summed E-state index contributed by atoms with van der Waals surface area (Å²) in [7, 11) is 0. The highest BCUT2D eigenvalue weighted by atomic mass is 35.5. The van der Waals surface area contributed by atoms with Gasteiger partial charge in [0.1, 0.15) is 5.82 Å². The van der Waals surface area contributed by atoms with Gasteiger partial charge in [0.05, 0.1) is 6.54 Å². The van der Waals surface area contributed by atoms with Crippen LogP contribution in [0.1, 0.15) is 11.1 Å². The molecule has 0 saturated carbocycles. The Hall–Kier alpha value is -1.91. The predicted molar refractivity (Wildman–Crippen MR) is 82.9 cm³/mol. The number of aryl methyl sites for hydroxylation is 1. The summed E-state index contributed by atoms with van der Waals surface area (Å²) in [5.74, 6) is -0.462. The number of hydrogen-bond acceptors (Lipinski definition) is 2. The van der Waals surface area contributed by atoms with Gasteiger partial charge in [-0.1, -0.05) is 29.8 Å². The van der Waals surface area contributed by atoms with E-state index in [1.165, 1.54) is 6.07 Å². The summed E-state index contributed by atoms with van der Waals surface area (Å²) in [4.78, 5) is 11.8. The lowest BCUT2D eigenvalue weighted by atomic mass is 10.2. The van der Waals surface area contributed by atoms with E-state index in [4.69, 9.17) is 11.6 Å². The maximum Gasteiger partial charge on any atom is 0.238 e. The second kappa shape index (κ2) is 7.20. The van der Waals surface area contributed by atoms with Crippen LogP contribution in [0.5, 0.6) is 0 Å². The molecule has 21 heavy (non-hydrogen) atoms. The number of hydrogen-bond donors (Lipinski definition) is 2. The van der Waals surface area contributed by atoms with Gasteiger partial charge in [-0.2, -0.15) is 0 Å². The van der Waals surface area contributed by atoms with Crippen molar-refractivity contribution < 1.29 is 9.18 Å². The van der Waals surface area contributed by atoms with E-state index < -0.39 is 0 Å². The molecule has 2 N–H and O–H groups in total. The van der Waals surface area contributed by atoms with E-state index in [2.05, 4.69) is 10.6 Å². The predicted octanol–water partition coefficient (Wildman–Crippen LogP) is 3.52.